The molecule has 0 aliphatic heterocycles. The second-order valence-corrected chi connectivity index (χ2v) is 3.61. The van der Waals surface area contributed by atoms with E-state index in [-0.39, 0.29) is 0 Å². The molecule has 0 aromatic heterocycles. The number of hydrogen-bond donors (Lipinski definition) is 1. The predicted octanol–water partition coefficient (Wildman–Crippen LogP) is 2.29. The topological polar surface area (TPSA) is 35.2 Å². The van der Waals surface area contributed by atoms with Crippen molar-refractivity contribution in [1.82, 2.24) is 0 Å². The summed E-state index contributed by atoms with van der Waals surface area (Å²) >= 11 is 0. The lowest BCUT2D eigenvalue weighted by atomic mass is 9.88. The van der Waals surface area contributed by atoms with Gasteiger partial charge in [0.2, 0.25) is 0 Å². The van der Waals surface area contributed by atoms with Gasteiger partial charge in [0.1, 0.15) is 0 Å². The number of hydrogen-bond acceptors (Lipinski definition) is 2. The Labute approximate surface area is 86.1 Å². The Hall–Kier alpha value is -0.860. The number of methoxy groups -OCH3 is 1. The van der Waals surface area contributed by atoms with Crippen LogP contribution in [0.15, 0.2) is 24.3 Å². The van der Waals surface area contributed by atoms with Crippen molar-refractivity contribution >= 4 is 0 Å². The summed E-state index contributed by atoms with van der Waals surface area (Å²) in [6, 6.07) is 8.80. The third kappa shape index (κ3) is 2.82. The van der Waals surface area contributed by atoms with Crippen LogP contribution < -0.4 is 5.73 Å². The Balaban J connectivity index is 0.000000293. The highest BCUT2D eigenvalue weighted by Crippen LogP contribution is 2.26. The van der Waals surface area contributed by atoms with Crippen LogP contribution in [0.1, 0.15) is 30.0 Å². The molecule has 2 rings (SSSR count). The molecule has 14 heavy (non-hydrogen) atoms. The van der Waals surface area contributed by atoms with Crippen LogP contribution >= 0.6 is 0 Å². The van der Waals surface area contributed by atoms with Crippen molar-refractivity contribution in [3.05, 3.63) is 35.4 Å². The molecule has 1 atom stereocenters. The Kier molecular flexibility index (Phi) is 4.63. The molecule has 2 N–H and O–H groups in total. The van der Waals surface area contributed by atoms with Gasteiger partial charge in [-0.1, -0.05) is 24.3 Å². The van der Waals surface area contributed by atoms with Gasteiger partial charge < -0.3 is 10.5 Å². The zero-order valence-electron chi connectivity index (χ0n) is 8.99. The van der Waals surface area contributed by atoms with Crippen LogP contribution in [0, 0.1) is 0 Å². The van der Waals surface area contributed by atoms with Crippen LogP contribution in [0.2, 0.25) is 0 Å². The summed E-state index contributed by atoms with van der Waals surface area (Å²) in [6.45, 7) is 0. The monoisotopic (exact) mass is 193 g/mol. The van der Waals surface area contributed by atoms with Gasteiger partial charge in [0.25, 0.3) is 0 Å². The molecule has 1 aromatic rings. The number of nitrogens with two attached hydrogens (primary N) is 1. The quantitative estimate of drug-likeness (QED) is 0.686. The summed E-state index contributed by atoms with van der Waals surface area (Å²) in [5, 5.41) is 0. The Bertz CT molecular complexity index is 273. The largest absolute Gasteiger partial charge is 0.388 e. The molecule has 0 spiro atoms. The van der Waals surface area contributed by atoms with Gasteiger partial charge in [-0.15, -0.1) is 0 Å². The number of fused-ring (bicyclic) bond motifs is 1. The van der Waals surface area contributed by atoms with E-state index in [9.17, 15) is 0 Å². The fraction of sp³-hybridized carbons (Fsp3) is 0.500. The minimum atomic E-state index is 0.292. The summed E-state index contributed by atoms with van der Waals surface area (Å²) < 4.78 is 4.25. The van der Waals surface area contributed by atoms with E-state index in [4.69, 9.17) is 5.73 Å². The van der Waals surface area contributed by atoms with Crippen molar-refractivity contribution in [2.24, 2.45) is 5.73 Å². The Morgan fingerprint density at radius 1 is 1.29 bits per heavy atom. The standard InChI is InChI=1S/C10H13N.C2H6O/c11-10-7-3-5-8-4-1-2-6-9(8)10;1-3-2/h1-2,4,6,10H,3,5,7,11H2;1-2H3. The molecule has 1 unspecified atom stereocenters. The van der Waals surface area contributed by atoms with Gasteiger partial charge in [0.15, 0.2) is 0 Å². The minimum Gasteiger partial charge on any atom is -0.388 e. The van der Waals surface area contributed by atoms with Crippen molar-refractivity contribution in [1.29, 1.82) is 0 Å². The number of benzene rings is 1. The maximum atomic E-state index is 5.95. The lowest BCUT2D eigenvalue weighted by molar-refractivity contribution is 0.277. The molecule has 0 fully saturated rings. The van der Waals surface area contributed by atoms with Crippen LogP contribution in [0.4, 0.5) is 0 Å². The highest BCUT2D eigenvalue weighted by molar-refractivity contribution is 5.31. The van der Waals surface area contributed by atoms with E-state index < -0.39 is 0 Å². The molecule has 1 aliphatic carbocycles. The van der Waals surface area contributed by atoms with E-state index in [1.54, 1.807) is 14.2 Å². The summed E-state index contributed by atoms with van der Waals surface area (Å²) in [4.78, 5) is 0. The van der Waals surface area contributed by atoms with E-state index in [0.29, 0.717) is 6.04 Å². The molecular weight excluding hydrogens is 174 g/mol. The van der Waals surface area contributed by atoms with Gasteiger partial charge in [0, 0.05) is 20.3 Å². The third-order valence-electron chi connectivity index (χ3n) is 2.42. The van der Waals surface area contributed by atoms with Crippen molar-refractivity contribution in [3.8, 4) is 0 Å². The maximum absolute atomic E-state index is 5.95. The summed E-state index contributed by atoms with van der Waals surface area (Å²) in [5.74, 6) is 0. The molecule has 0 saturated carbocycles. The summed E-state index contributed by atoms with van der Waals surface area (Å²) in [7, 11) is 3.25. The third-order valence-corrected chi connectivity index (χ3v) is 2.42. The SMILES string of the molecule is COC.NC1CCCc2ccccc21. The average Bonchev–Trinajstić information content (AvgIpc) is 2.20. The van der Waals surface area contributed by atoms with E-state index >= 15 is 0 Å². The first kappa shape index (κ1) is 11.2. The zero-order valence-corrected chi connectivity index (χ0v) is 8.99. The van der Waals surface area contributed by atoms with Gasteiger partial charge in [-0.3, -0.25) is 0 Å². The van der Waals surface area contributed by atoms with Crippen molar-refractivity contribution in [3.63, 3.8) is 0 Å². The van der Waals surface area contributed by atoms with Crippen LogP contribution in [-0.2, 0) is 11.2 Å². The van der Waals surface area contributed by atoms with Gasteiger partial charge in [-0.2, -0.15) is 0 Å². The zero-order chi connectivity index (χ0) is 10.4. The van der Waals surface area contributed by atoms with E-state index in [1.165, 1.54) is 24.0 Å². The highest BCUT2D eigenvalue weighted by atomic mass is 16.4. The molecule has 1 aliphatic rings. The van der Waals surface area contributed by atoms with Gasteiger partial charge in [-0.05, 0) is 30.4 Å². The lowest BCUT2D eigenvalue weighted by Gasteiger charge is -2.21. The first-order valence-corrected chi connectivity index (χ1v) is 5.03. The van der Waals surface area contributed by atoms with Gasteiger partial charge >= 0.3 is 0 Å². The molecule has 78 valence electrons. The molecule has 0 bridgehead atoms. The fourth-order valence-electron chi connectivity index (χ4n) is 1.79. The average molecular weight is 193 g/mol. The minimum absolute atomic E-state index is 0.292. The lowest BCUT2D eigenvalue weighted by Crippen LogP contribution is -2.16. The van der Waals surface area contributed by atoms with Crippen LogP contribution in [0.25, 0.3) is 0 Å². The predicted molar refractivity (Wildman–Crippen MR) is 59.2 cm³/mol. The highest BCUT2D eigenvalue weighted by Gasteiger charge is 2.14. The Morgan fingerprint density at radius 2 is 1.93 bits per heavy atom. The van der Waals surface area contributed by atoms with Crippen LogP contribution in [0.5, 0.6) is 0 Å². The molecule has 0 heterocycles. The van der Waals surface area contributed by atoms with Crippen molar-refractivity contribution in [2.75, 3.05) is 14.2 Å². The smallest absolute Gasteiger partial charge is 0.0351 e. The van der Waals surface area contributed by atoms with E-state index in [0.717, 1.165) is 6.42 Å². The first-order valence-electron chi connectivity index (χ1n) is 5.03. The summed E-state index contributed by atoms with van der Waals surface area (Å²) in [6.07, 6.45) is 3.61. The molecular formula is C12H19NO. The first-order chi connectivity index (χ1) is 6.79. The van der Waals surface area contributed by atoms with Crippen LogP contribution in [-0.4, -0.2) is 14.2 Å². The van der Waals surface area contributed by atoms with Crippen molar-refractivity contribution in [2.45, 2.75) is 25.3 Å². The van der Waals surface area contributed by atoms with Crippen molar-refractivity contribution < 1.29 is 4.74 Å². The van der Waals surface area contributed by atoms with E-state index in [2.05, 4.69) is 29.0 Å². The molecule has 0 amide bonds. The van der Waals surface area contributed by atoms with E-state index in [1.807, 2.05) is 0 Å². The molecule has 2 heteroatoms. The Morgan fingerprint density at radius 3 is 2.57 bits per heavy atom. The molecule has 0 saturated heterocycles. The summed E-state index contributed by atoms with van der Waals surface area (Å²) in [5.41, 5.74) is 8.76. The molecule has 0 radical (unpaired) electrons. The van der Waals surface area contributed by atoms with Gasteiger partial charge in [0.05, 0.1) is 0 Å². The normalized spacial score (nSPS) is 19.2. The fourth-order valence-corrected chi connectivity index (χ4v) is 1.79. The number of ether oxygens (including phenoxy) is 1. The number of aryl methyl sites for hydroxylation is 1. The van der Waals surface area contributed by atoms with Crippen LogP contribution in [0.3, 0.4) is 0 Å². The maximum Gasteiger partial charge on any atom is 0.0351 e. The molecule has 1 aromatic carbocycles. The molecule has 2 nitrogen and oxygen atoms in total. The van der Waals surface area contributed by atoms with Gasteiger partial charge in [-0.25, -0.2) is 0 Å². The second kappa shape index (κ2) is 5.78. The number of rotatable bonds is 0. The second-order valence-electron chi connectivity index (χ2n) is 3.61.